The monoisotopic (exact) mass is 305 g/mol. The number of aryl methyl sites for hydroxylation is 1. The molecule has 2 aliphatic rings. The predicted molar refractivity (Wildman–Crippen MR) is 73.6 cm³/mol. The number of sulfonamides is 1. The highest BCUT2D eigenvalue weighted by Gasteiger charge is 2.44. The van der Waals surface area contributed by atoms with Gasteiger partial charge in [-0.1, -0.05) is 0 Å². The van der Waals surface area contributed by atoms with E-state index in [9.17, 15) is 8.42 Å². The summed E-state index contributed by atoms with van der Waals surface area (Å²) in [6.07, 6.45) is 3.26. The maximum Gasteiger partial charge on any atom is 0.252 e. The van der Waals surface area contributed by atoms with Crippen LogP contribution in [0.2, 0.25) is 0 Å². The summed E-state index contributed by atoms with van der Waals surface area (Å²) in [4.78, 5) is 0.958. The molecule has 1 saturated heterocycles. The second-order valence-corrected chi connectivity index (χ2v) is 8.73. The molecular formula is C12H16ClNO2S2. The molecule has 2 fully saturated rings. The van der Waals surface area contributed by atoms with Crippen LogP contribution in [-0.2, 0) is 15.9 Å². The Labute approximate surface area is 117 Å². The van der Waals surface area contributed by atoms with Gasteiger partial charge in [-0.2, -0.15) is 4.31 Å². The highest BCUT2D eigenvalue weighted by atomic mass is 35.5. The quantitative estimate of drug-likeness (QED) is 0.805. The second kappa shape index (κ2) is 4.47. The van der Waals surface area contributed by atoms with E-state index in [1.165, 1.54) is 17.8 Å². The van der Waals surface area contributed by atoms with Crippen LogP contribution in [0.5, 0.6) is 0 Å². The van der Waals surface area contributed by atoms with Crippen LogP contribution in [-0.4, -0.2) is 25.3 Å². The van der Waals surface area contributed by atoms with Crippen LogP contribution in [0.3, 0.4) is 0 Å². The average Bonchev–Trinajstić information content (AvgIpc) is 3.02. The Hall–Kier alpha value is -0.100. The number of thiophene rings is 1. The van der Waals surface area contributed by atoms with Gasteiger partial charge in [-0.05, 0) is 43.7 Å². The number of alkyl halides is 1. The van der Waals surface area contributed by atoms with Crippen molar-refractivity contribution < 1.29 is 8.42 Å². The Balaban J connectivity index is 1.94. The minimum absolute atomic E-state index is 0.238. The predicted octanol–water partition coefficient (Wildman–Crippen LogP) is 2.97. The first-order valence-corrected chi connectivity index (χ1v) is 8.98. The summed E-state index contributed by atoms with van der Waals surface area (Å²) >= 11 is 7.14. The van der Waals surface area contributed by atoms with Gasteiger partial charge in [0.05, 0.1) is 5.88 Å². The number of piperidine rings is 1. The molecule has 0 N–H and O–H groups in total. The summed E-state index contributed by atoms with van der Waals surface area (Å²) in [6.45, 7) is 2.63. The van der Waals surface area contributed by atoms with Gasteiger partial charge in [0.1, 0.15) is 4.21 Å². The molecule has 1 saturated carbocycles. The normalized spacial score (nSPS) is 28.1. The minimum atomic E-state index is -3.29. The van der Waals surface area contributed by atoms with Gasteiger partial charge in [-0.3, -0.25) is 0 Å². The fraction of sp³-hybridized carbons (Fsp3) is 0.667. The molecule has 1 aromatic rings. The zero-order chi connectivity index (χ0) is 12.9. The SMILES string of the molecule is Cc1cc(S(=O)(=O)N2CC3CCC2C3)sc1CCl. The Morgan fingerprint density at radius 2 is 2.28 bits per heavy atom. The van der Waals surface area contributed by atoms with Crippen LogP contribution in [0.1, 0.15) is 29.7 Å². The van der Waals surface area contributed by atoms with Gasteiger partial charge in [0, 0.05) is 17.5 Å². The fourth-order valence-electron chi connectivity index (χ4n) is 3.04. The molecule has 18 heavy (non-hydrogen) atoms. The summed E-state index contributed by atoms with van der Waals surface area (Å²) in [7, 11) is -3.29. The molecular weight excluding hydrogens is 290 g/mol. The average molecular weight is 306 g/mol. The van der Waals surface area contributed by atoms with Crippen LogP contribution >= 0.6 is 22.9 Å². The fourth-order valence-corrected chi connectivity index (χ4v) is 6.72. The lowest BCUT2D eigenvalue weighted by molar-refractivity contribution is 0.334. The summed E-state index contributed by atoms with van der Waals surface area (Å²) in [5.74, 6) is 0.969. The van der Waals surface area contributed by atoms with E-state index in [1.54, 1.807) is 10.4 Å². The summed E-state index contributed by atoms with van der Waals surface area (Å²) < 4.78 is 27.4. The van der Waals surface area contributed by atoms with E-state index < -0.39 is 10.0 Å². The molecule has 2 unspecified atom stereocenters. The largest absolute Gasteiger partial charge is 0.252 e. The van der Waals surface area contributed by atoms with Crippen molar-refractivity contribution in [1.29, 1.82) is 0 Å². The van der Waals surface area contributed by atoms with Crippen molar-refractivity contribution in [3.05, 3.63) is 16.5 Å². The molecule has 3 rings (SSSR count). The lowest BCUT2D eigenvalue weighted by Gasteiger charge is -2.25. The molecule has 0 spiro atoms. The van der Waals surface area contributed by atoms with Crippen LogP contribution in [0, 0.1) is 12.8 Å². The van der Waals surface area contributed by atoms with Gasteiger partial charge in [-0.25, -0.2) is 8.42 Å². The molecule has 1 aromatic heterocycles. The topological polar surface area (TPSA) is 37.4 Å². The van der Waals surface area contributed by atoms with Gasteiger partial charge in [0.2, 0.25) is 0 Å². The number of hydrogen-bond donors (Lipinski definition) is 0. The van der Waals surface area contributed by atoms with E-state index in [4.69, 9.17) is 11.6 Å². The molecule has 0 radical (unpaired) electrons. The standard InChI is InChI=1S/C12H16ClNO2S2/c1-8-4-12(17-11(8)6-13)18(15,16)14-7-9-2-3-10(14)5-9/h4,9-10H,2-3,5-7H2,1H3. The summed E-state index contributed by atoms with van der Waals surface area (Å²) in [5, 5.41) is 0. The zero-order valence-electron chi connectivity index (χ0n) is 10.2. The molecule has 6 heteroatoms. The Morgan fingerprint density at radius 3 is 2.78 bits per heavy atom. The Morgan fingerprint density at radius 1 is 1.50 bits per heavy atom. The van der Waals surface area contributed by atoms with Crippen molar-refractivity contribution in [3.8, 4) is 0 Å². The van der Waals surface area contributed by atoms with Gasteiger partial charge < -0.3 is 0 Å². The number of halogens is 1. The molecule has 2 bridgehead atoms. The molecule has 2 atom stereocenters. The first kappa shape index (κ1) is 12.9. The Bertz CT molecular complexity index is 567. The maximum absolute atomic E-state index is 12.6. The van der Waals surface area contributed by atoms with E-state index >= 15 is 0 Å². The Kier molecular flexibility index (Phi) is 3.21. The lowest BCUT2D eigenvalue weighted by Crippen LogP contribution is -2.37. The molecule has 3 nitrogen and oxygen atoms in total. The highest BCUT2D eigenvalue weighted by Crippen LogP contribution is 2.41. The molecule has 2 heterocycles. The smallest absolute Gasteiger partial charge is 0.206 e. The molecule has 100 valence electrons. The van der Waals surface area contributed by atoms with Crippen molar-refractivity contribution in [2.24, 2.45) is 5.92 Å². The zero-order valence-corrected chi connectivity index (χ0v) is 12.6. The molecule has 0 aromatic carbocycles. The third-order valence-electron chi connectivity index (χ3n) is 4.04. The van der Waals surface area contributed by atoms with Gasteiger partial charge in [0.15, 0.2) is 0 Å². The van der Waals surface area contributed by atoms with E-state index in [-0.39, 0.29) is 6.04 Å². The van der Waals surface area contributed by atoms with E-state index in [2.05, 4.69) is 0 Å². The molecule has 1 aliphatic carbocycles. The maximum atomic E-state index is 12.6. The third-order valence-corrected chi connectivity index (χ3v) is 8.07. The second-order valence-electron chi connectivity index (χ2n) is 5.21. The first-order chi connectivity index (χ1) is 8.52. The van der Waals surface area contributed by atoms with Crippen LogP contribution in [0.15, 0.2) is 10.3 Å². The highest BCUT2D eigenvalue weighted by molar-refractivity contribution is 7.91. The minimum Gasteiger partial charge on any atom is -0.206 e. The van der Waals surface area contributed by atoms with Gasteiger partial charge in [0.25, 0.3) is 10.0 Å². The van der Waals surface area contributed by atoms with E-state index in [1.807, 2.05) is 6.92 Å². The van der Waals surface area contributed by atoms with Crippen molar-refractivity contribution >= 4 is 33.0 Å². The number of nitrogens with zero attached hydrogens (tertiary/aromatic N) is 1. The first-order valence-electron chi connectivity index (χ1n) is 6.19. The molecule has 1 aliphatic heterocycles. The van der Waals surface area contributed by atoms with Crippen molar-refractivity contribution in [1.82, 2.24) is 4.31 Å². The summed E-state index contributed by atoms with van der Waals surface area (Å²) in [5.41, 5.74) is 0.984. The number of hydrogen-bond acceptors (Lipinski definition) is 3. The van der Waals surface area contributed by atoms with Gasteiger partial charge in [-0.15, -0.1) is 22.9 Å². The number of fused-ring (bicyclic) bond motifs is 2. The van der Waals surface area contributed by atoms with Crippen LogP contribution in [0.25, 0.3) is 0 Å². The van der Waals surface area contributed by atoms with Gasteiger partial charge >= 0.3 is 0 Å². The number of rotatable bonds is 3. The third kappa shape index (κ3) is 1.92. The van der Waals surface area contributed by atoms with Crippen LogP contribution in [0.4, 0.5) is 0 Å². The van der Waals surface area contributed by atoms with E-state index in [0.29, 0.717) is 22.6 Å². The van der Waals surface area contributed by atoms with Crippen molar-refractivity contribution in [2.45, 2.75) is 42.3 Å². The molecule has 0 amide bonds. The summed E-state index contributed by atoms with van der Waals surface area (Å²) in [6, 6.07) is 2.01. The lowest BCUT2D eigenvalue weighted by atomic mass is 10.1. The van der Waals surface area contributed by atoms with Crippen molar-refractivity contribution in [3.63, 3.8) is 0 Å². The van der Waals surface area contributed by atoms with Crippen LogP contribution < -0.4 is 0 Å². The van der Waals surface area contributed by atoms with E-state index in [0.717, 1.165) is 23.3 Å². The van der Waals surface area contributed by atoms with Crippen molar-refractivity contribution in [2.75, 3.05) is 6.54 Å².